The van der Waals surface area contributed by atoms with E-state index < -0.39 is 11.8 Å². The van der Waals surface area contributed by atoms with E-state index in [0.717, 1.165) is 21.7 Å². The molecule has 0 saturated carbocycles. The number of anilines is 2. The molecule has 9 heteroatoms. The number of benzene rings is 4. The van der Waals surface area contributed by atoms with Gasteiger partial charge in [0.15, 0.2) is 0 Å². The van der Waals surface area contributed by atoms with Crippen molar-refractivity contribution < 1.29 is 24.2 Å². The summed E-state index contributed by atoms with van der Waals surface area (Å²) in [5.41, 5.74) is 4.33. The van der Waals surface area contributed by atoms with Gasteiger partial charge in [0.2, 0.25) is 5.91 Å². The first-order valence-corrected chi connectivity index (χ1v) is 15.0. The molecule has 4 aromatic rings. The lowest BCUT2D eigenvalue weighted by molar-refractivity contribution is -0.116. The SMILES string of the molecule is CCC(Sc1cccc(NC(=O)/C(=C\c2ccc(O)cc2OC)NC(=O)c2ccccc2)c1)C(=O)Nc1ccc(C)c(C)c1. The van der Waals surface area contributed by atoms with Crippen LogP contribution >= 0.6 is 11.8 Å². The molecule has 0 spiro atoms. The molecule has 4 aromatic carbocycles. The van der Waals surface area contributed by atoms with Crippen LogP contribution in [-0.4, -0.2) is 35.2 Å². The van der Waals surface area contributed by atoms with Gasteiger partial charge in [-0.25, -0.2) is 0 Å². The molecule has 8 nitrogen and oxygen atoms in total. The number of rotatable bonds is 11. The summed E-state index contributed by atoms with van der Waals surface area (Å²) in [5.74, 6) is -0.805. The van der Waals surface area contributed by atoms with Gasteiger partial charge in [0, 0.05) is 33.5 Å². The van der Waals surface area contributed by atoms with E-state index in [1.54, 1.807) is 54.6 Å². The fraction of sp³-hybridized carbons (Fsp3) is 0.171. The number of carbonyl (C=O) groups is 3. The summed E-state index contributed by atoms with van der Waals surface area (Å²) >= 11 is 1.40. The van der Waals surface area contributed by atoms with Crippen molar-refractivity contribution in [3.8, 4) is 11.5 Å². The predicted octanol–water partition coefficient (Wildman–Crippen LogP) is 6.94. The molecule has 0 radical (unpaired) electrons. The Balaban J connectivity index is 1.53. The summed E-state index contributed by atoms with van der Waals surface area (Å²) in [6, 6.07) is 26.0. The predicted molar refractivity (Wildman–Crippen MR) is 176 cm³/mol. The Kier molecular flexibility index (Phi) is 10.8. The van der Waals surface area contributed by atoms with Crippen molar-refractivity contribution in [3.63, 3.8) is 0 Å². The average molecular weight is 610 g/mol. The molecular formula is C35H35N3O5S. The van der Waals surface area contributed by atoms with Crippen LogP contribution in [0, 0.1) is 13.8 Å². The number of thioether (sulfide) groups is 1. The van der Waals surface area contributed by atoms with Crippen LogP contribution in [0.2, 0.25) is 0 Å². The van der Waals surface area contributed by atoms with Gasteiger partial charge in [0.05, 0.1) is 12.4 Å². The molecule has 0 heterocycles. The van der Waals surface area contributed by atoms with Gasteiger partial charge in [0.1, 0.15) is 17.2 Å². The number of phenols is 1. The summed E-state index contributed by atoms with van der Waals surface area (Å²) in [6.45, 7) is 5.98. The van der Waals surface area contributed by atoms with E-state index in [-0.39, 0.29) is 22.6 Å². The van der Waals surface area contributed by atoms with Gasteiger partial charge in [-0.1, -0.05) is 37.3 Å². The largest absolute Gasteiger partial charge is 0.508 e. The molecule has 3 amide bonds. The molecule has 1 atom stereocenters. The second-order valence-electron chi connectivity index (χ2n) is 10.1. The Morgan fingerprint density at radius 1 is 0.864 bits per heavy atom. The zero-order chi connectivity index (χ0) is 31.6. The minimum absolute atomic E-state index is 0.000632. The van der Waals surface area contributed by atoms with Crippen LogP contribution < -0.4 is 20.7 Å². The number of aromatic hydroxyl groups is 1. The topological polar surface area (TPSA) is 117 Å². The number of methoxy groups -OCH3 is 1. The van der Waals surface area contributed by atoms with E-state index in [4.69, 9.17) is 4.74 Å². The van der Waals surface area contributed by atoms with Crippen LogP contribution in [0.4, 0.5) is 11.4 Å². The quantitative estimate of drug-likeness (QED) is 0.108. The van der Waals surface area contributed by atoms with Crippen molar-refractivity contribution in [2.75, 3.05) is 17.7 Å². The second kappa shape index (κ2) is 14.9. The molecule has 4 N–H and O–H groups in total. The van der Waals surface area contributed by atoms with Gasteiger partial charge < -0.3 is 25.8 Å². The standard InChI is InChI=1S/C35H35N3O5S/c1-5-32(35(42)37-27-16-14-22(2)23(3)18-27)44-29-13-9-12-26(20-29)36-34(41)30(38-33(40)24-10-7-6-8-11-24)19-25-15-17-28(39)21-31(25)43-4/h6-21,32,39H,5H2,1-4H3,(H,36,41)(H,37,42)(H,38,40)/b30-19+. The molecule has 226 valence electrons. The lowest BCUT2D eigenvalue weighted by Crippen LogP contribution is -2.30. The Morgan fingerprint density at radius 2 is 1.61 bits per heavy atom. The average Bonchev–Trinajstić information content (AvgIpc) is 3.02. The zero-order valence-electron chi connectivity index (χ0n) is 25.0. The normalized spacial score (nSPS) is 11.8. The van der Waals surface area contributed by atoms with Gasteiger partial charge in [-0.15, -0.1) is 11.8 Å². The summed E-state index contributed by atoms with van der Waals surface area (Å²) in [4.78, 5) is 40.4. The first-order chi connectivity index (χ1) is 21.2. The van der Waals surface area contributed by atoms with Crippen molar-refractivity contribution in [1.82, 2.24) is 5.32 Å². The molecule has 1 unspecified atom stereocenters. The first kappa shape index (κ1) is 31.9. The van der Waals surface area contributed by atoms with Crippen LogP contribution in [-0.2, 0) is 9.59 Å². The molecule has 4 rings (SSSR count). The van der Waals surface area contributed by atoms with Crippen molar-refractivity contribution in [3.05, 3.63) is 119 Å². The Bertz CT molecular complexity index is 1690. The minimum atomic E-state index is -0.564. The highest BCUT2D eigenvalue weighted by Gasteiger charge is 2.20. The first-order valence-electron chi connectivity index (χ1n) is 14.1. The molecule has 0 aliphatic rings. The molecule has 0 bridgehead atoms. The number of hydrogen-bond donors (Lipinski definition) is 4. The van der Waals surface area contributed by atoms with E-state index in [2.05, 4.69) is 16.0 Å². The molecule has 0 fully saturated rings. The third-order valence-electron chi connectivity index (χ3n) is 6.85. The smallest absolute Gasteiger partial charge is 0.272 e. The Labute approximate surface area is 261 Å². The number of nitrogens with one attached hydrogen (secondary N) is 3. The number of phenolic OH excluding ortho intramolecular Hbond substituents is 1. The maximum absolute atomic E-state index is 13.5. The summed E-state index contributed by atoms with van der Waals surface area (Å²) in [6.07, 6.45) is 2.09. The third-order valence-corrected chi connectivity index (χ3v) is 8.21. The zero-order valence-corrected chi connectivity index (χ0v) is 25.8. The van der Waals surface area contributed by atoms with Gasteiger partial charge >= 0.3 is 0 Å². The fourth-order valence-electron chi connectivity index (χ4n) is 4.29. The number of amides is 3. The highest BCUT2D eigenvalue weighted by Crippen LogP contribution is 2.30. The van der Waals surface area contributed by atoms with Gasteiger partial charge in [-0.2, -0.15) is 0 Å². The van der Waals surface area contributed by atoms with Gasteiger partial charge in [0.25, 0.3) is 11.8 Å². The van der Waals surface area contributed by atoms with E-state index in [1.165, 1.54) is 37.1 Å². The van der Waals surface area contributed by atoms with Crippen LogP contribution in [0.15, 0.2) is 102 Å². The molecule has 0 saturated heterocycles. The lowest BCUT2D eigenvalue weighted by Gasteiger charge is -2.16. The van der Waals surface area contributed by atoms with Crippen molar-refractivity contribution in [2.24, 2.45) is 0 Å². The number of ether oxygens (including phenoxy) is 1. The molecule has 0 aliphatic carbocycles. The van der Waals surface area contributed by atoms with Gasteiger partial charge in [-0.05, 0) is 92.1 Å². The lowest BCUT2D eigenvalue weighted by atomic mass is 10.1. The minimum Gasteiger partial charge on any atom is -0.508 e. The van der Waals surface area contributed by atoms with Crippen molar-refractivity contribution in [2.45, 2.75) is 37.3 Å². The number of carbonyl (C=O) groups excluding carboxylic acids is 3. The Morgan fingerprint density at radius 3 is 2.32 bits per heavy atom. The Hall–Kier alpha value is -5.02. The monoisotopic (exact) mass is 609 g/mol. The summed E-state index contributed by atoms with van der Waals surface area (Å²) < 4.78 is 5.36. The molecule has 44 heavy (non-hydrogen) atoms. The highest BCUT2D eigenvalue weighted by molar-refractivity contribution is 8.00. The number of aryl methyl sites for hydroxylation is 2. The van der Waals surface area contributed by atoms with Crippen molar-refractivity contribution >= 4 is 46.9 Å². The fourth-order valence-corrected chi connectivity index (χ4v) is 5.30. The summed E-state index contributed by atoms with van der Waals surface area (Å²) in [5, 5.41) is 18.1. The van der Waals surface area contributed by atoms with Crippen LogP contribution in [0.5, 0.6) is 11.5 Å². The molecule has 0 aromatic heterocycles. The van der Waals surface area contributed by atoms with E-state index in [1.807, 2.05) is 45.0 Å². The summed E-state index contributed by atoms with van der Waals surface area (Å²) in [7, 11) is 1.45. The highest BCUT2D eigenvalue weighted by atomic mass is 32.2. The maximum atomic E-state index is 13.5. The molecular weight excluding hydrogens is 574 g/mol. The molecule has 0 aliphatic heterocycles. The van der Waals surface area contributed by atoms with Crippen LogP contribution in [0.3, 0.4) is 0 Å². The second-order valence-corrected chi connectivity index (χ2v) is 11.4. The van der Waals surface area contributed by atoms with E-state index in [9.17, 15) is 19.5 Å². The van der Waals surface area contributed by atoms with E-state index in [0.29, 0.717) is 29.0 Å². The maximum Gasteiger partial charge on any atom is 0.272 e. The van der Waals surface area contributed by atoms with Crippen molar-refractivity contribution in [1.29, 1.82) is 0 Å². The van der Waals surface area contributed by atoms with E-state index >= 15 is 0 Å². The van der Waals surface area contributed by atoms with Gasteiger partial charge in [-0.3, -0.25) is 14.4 Å². The number of hydrogen-bond acceptors (Lipinski definition) is 6. The third kappa shape index (κ3) is 8.52. The van der Waals surface area contributed by atoms with Crippen LogP contribution in [0.1, 0.15) is 40.4 Å². The van der Waals surface area contributed by atoms with Crippen LogP contribution in [0.25, 0.3) is 6.08 Å².